The lowest BCUT2D eigenvalue weighted by Crippen LogP contribution is -2.23. The van der Waals surface area contributed by atoms with Gasteiger partial charge in [0.15, 0.2) is 11.5 Å². The molecule has 4 heteroatoms. The summed E-state index contributed by atoms with van der Waals surface area (Å²) in [5.74, 6) is 1.70. The fraction of sp³-hybridized carbons (Fsp3) is 0.429. The van der Waals surface area contributed by atoms with Crippen LogP contribution in [0, 0.1) is 0 Å². The van der Waals surface area contributed by atoms with Gasteiger partial charge in [0.2, 0.25) is 0 Å². The van der Waals surface area contributed by atoms with E-state index in [1.807, 2.05) is 6.08 Å². The monoisotopic (exact) mass is 265 g/mol. The van der Waals surface area contributed by atoms with Crippen LogP contribution in [0.3, 0.4) is 0 Å². The standard InChI is InChI=1S/C14H19NO2S/c1-4-10(2)15-9-11-7-12-13(8-14(11)18-3)17-6-5-16-12/h4,7-8,10,15H,1,5-6,9H2,2-3H3. The molecule has 3 nitrogen and oxygen atoms in total. The van der Waals surface area contributed by atoms with Crippen molar-refractivity contribution in [2.24, 2.45) is 0 Å². The minimum absolute atomic E-state index is 0.299. The van der Waals surface area contributed by atoms with Crippen LogP contribution in [0.2, 0.25) is 0 Å². The molecular formula is C14H19NO2S. The van der Waals surface area contributed by atoms with E-state index in [9.17, 15) is 0 Å². The smallest absolute Gasteiger partial charge is 0.162 e. The molecule has 0 saturated carbocycles. The van der Waals surface area contributed by atoms with E-state index >= 15 is 0 Å². The van der Waals surface area contributed by atoms with E-state index in [1.54, 1.807) is 11.8 Å². The molecule has 0 aliphatic carbocycles. The first-order valence-corrected chi connectivity index (χ1v) is 7.29. The number of rotatable bonds is 5. The maximum absolute atomic E-state index is 5.61. The highest BCUT2D eigenvalue weighted by atomic mass is 32.2. The quantitative estimate of drug-likeness (QED) is 0.655. The molecule has 98 valence electrons. The minimum atomic E-state index is 0.299. The van der Waals surface area contributed by atoms with Gasteiger partial charge in [0.1, 0.15) is 13.2 Å². The highest BCUT2D eigenvalue weighted by Gasteiger charge is 2.15. The van der Waals surface area contributed by atoms with Crippen LogP contribution in [0.4, 0.5) is 0 Å². The summed E-state index contributed by atoms with van der Waals surface area (Å²) in [5, 5.41) is 3.40. The Bertz CT molecular complexity index is 434. The SMILES string of the molecule is C=CC(C)NCc1cc2c(cc1SC)OCCO2. The molecule has 1 aromatic carbocycles. The summed E-state index contributed by atoms with van der Waals surface area (Å²) in [6.07, 6.45) is 3.97. The lowest BCUT2D eigenvalue weighted by atomic mass is 10.1. The second kappa shape index (κ2) is 6.16. The summed E-state index contributed by atoms with van der Waals surface area (Å²) in [5.41, 5.74) is 1.24. The van der Waals surface area contributed by atoms with Crippen molar-refractivity contribution < 1.29 is 9.47 Å². The highest BCUT2D eigenvalue weighted by Crippen LogP contribution is 2.36. The van der Waals surface area contributed by atoms with Crippen LogP contribution in [0.1, 0.15) is 12.5 Å². The van der Waals surface area contributed by atoms with E-state index in [-0.39, 0.29) is 0 Å². The molecule has 1 aliphatic heterocycles. The van der Waals surface area contributed by atoms with Crippen molar-refractivity contribution in [2.45, 2.75) is 24.4 Å². The Kier molecular flexibility index (Phi) is 4.55. The minimum Gasteiger partial charge on any atom is -0.486 e. The molecule has 18 heavy (non-hydrogen) atoms. The molecule has 0 radical (unpaired) electrons. The molecule has 1 unspecified atom stereocenters. The van der Waals surface area contributed by atoms with Gasteiger partial charge in [-0.3, -0.25) is 0 Å². The third kappa shape index (κ3) is 3.00. The van der Waals surface area contributed by atoms with Gasteiger partial charge >= 0.3 is 0 Å². The summed E-state index contributed by atoms with van der Waals surface area (Å²) >= 11 is 1.73. The molecule has 0 bridgehead atoms. The maximum Gasteiger partial charge on any atom is 0.162 e. The Balaban J connectivity index is 2.19. The zero-order chi connectivity index (χ0) is 13.0. The van der Waals surface area contributed by atoms with Crippen molar-refractivity contribution in [3.63, 3.8) is 0 Å². The van der Waals surface area contributed by atoms with Crippen molar-refractivity contribution in [3.05, 3.63) is 30.4 Å². The molecule has 0 spiro atoms. The fourth-order valence-corrected chi connectivity index (χ4v) is 2.41. The van der Waals surface area contributed by atoms with Gasteiger partial charge in [-0.25, -0.2) is 0 Å². The number of fused-ring (bicyclic) bond motifs is 1. The van der Waals surface area contributed by atoms with Crippen LogP contribution in [0.5, 0.6) is 11.5 Å². The molecule has 1 heterocycles. The Hall–Kier alpha value is -1.13. The van der Waals surface area contributed by atoms with E-state index in [0.29, 0.717) is 19.3 Å². The van der Waals surface area contributed by atoms with Crippen molar-refractivity contribution in [1.29, 1.82) is 0 Å². The van der Waals surface area contributed by atoms with E-state index in [2.05, 4.69) is 37.2 Å². The van der Waals surface area contributed by atoms with Gasteiger partial charge in [-0.05, 0) is 30.9 Å². The summed E-state index contributed by atoms with van der Waals surface area (Å²) in [6, 6.07) is 4.44. The predicted molar refractivity (Wildman–Crippen MR) is 75.7 cm³/mol. The van der Waals surface area contributed by atoms with Gasteiger partial charge in [-0.1, -0.05) is 6.08 Å². The van der Waals surface area contributed by atoms with Crippen molar-refractivity contribution in [2.75, 3.05) is 19.5 Å². The molecule has 1 aliphatic rings. The topological polar surface area (TPSA) is 30.5 Å². The van der Waals surface area contributed by atoms with Crippen LogP contribution in [0.15, 0.2) is 29.7 Å². The van der Waals surface area contributed by atoms with Gasteiger partial charge in [0.05, 0.1) is 0 Å². The average Bonchev–Trinajstić information content (AvgIpc) is 2.43. The molecule has 0 fully saturated rings. The third-order valence-electron chi connectivity index (χ3n) is 2.91. The first-order valence-electron chi connectivity index (χ1n) is 6.07. The second-order valence-corrected chi connectivity index (χ2v) is 5.06. The molecule has 2 rings (SSSR count). The molecule has 1 atom stereocenters. The second-order valence-electron chi connectivity index (χ2n) is 4.21. The normalized spacial score (nSPS) is 15.2. The molecule has 1 aromatic rings. The largest absolute Gasteiger partial charge is 0.486 e. The predicted octanol–water partition coefficient (Wildman–Crippen LogP) is 2.84. The average molecular weight is 265 g/mol. The van der Waals surface area contributed by atoms with Crippen LogP contribution in [-0.2, 0) is 6.54 Å². The van der Waals surface area contributed by atoms with E-state index in [1.165, 1.54) is 10.5 Å². The zero-order valence-electron chi connectivity index (χ0n) is 10.9. The van der Waals surface area contributed by atoms with Gasteiger partial charge in [0.25, 0.3) is 0 Å². The lowest BCUT2D eigenvalue weighted by Gasteiger charge is -2.21. The van der Waals surface area contributed by atoms with Gasteiger partial charge in [0, 0.05) is 17.5 Å². The van der Waals surface area contributed by atoms with Gasteiger partial charge in [-0.15, -0.1) is 18.3 Å². The van der Waals surface area contributed by atoms with Crippen molar-refractivity contribution in [3.8, 4) is 11.5 Å². The van der Waals surface area contributed by atoms with Crippen molar-refractivity contribution >= 4 is 11.8 Å². The molecule has 0 saturated heterocycles. The summed E-state index contributed by atoms with van der Waals surface area (Å²) in [7, 11) is 0. The van der Waals surface area contributed by atoms with Crippen LogP contribution in [-0.4, -0.2) is 25.5 Å². The first kappa shape index (κ1) is 13.3. The third-order valence-corrected chi connectivity index (χ3v) is 3.73. The zero-order valence-corrected chi connectivity index (χ0v) is 11.7. The van der Waals surface area contributed by atoms with Crippen LogP contribution >= 0.6 is 11.8 Å². The number of benzene rings is 1. The molecule has 1 N–H and O–H groups in total. The van der Waals surface area contributed by atoms with Crippen LogP contribution < -0.4 is 14.8 Å². The number of hydrogen-bond acceptors (Lipinski definition) is 4. The number of hydrogen-bond donors (Lipinski definition) is 1. The Morgan fingerprint density at radius 3 is 2.67 bits per heavy atom. The number of ether oxygens (including phenoxy) is 2. The van der Waals surface area contributed by atoms with E-state index in [4.69, 9.17) is 9.47 Å². The Morgan fingerprint density at radius 2 is 2.06 bits per heavy atom. The summed E-state index contributed by atoms with van der Waals surface area (Å²) in [4.78, 5) is 1.23. The molecule has 0 aromatic heterocycles. The summed E-state index contributed by atoms with van der Waals surface area (Å²) < 4.78 is 11.2. The van der Waals surface area contributed by atoms with E-state index < -0.39 is 0 Å². The maximum atomic E-state index is 5.61. The Labute approximate surface area is 113 Å². The van der Waals surface area contributed by atoms with Crippen molar-refractivity contribution in [1.82, 2.24) is 5.32 Å². The first-order chi connectivity index (χ1) is 8.74. The highest BCUT2D eigenvalue weighted by molar-refractivity contribution is 7.98. The number of thioether (sulfide) groups is 1. The number of nitrogens with one attached hydrogen (secondary N) is 1. The molecular weight excluding hydrogens is 246 g/mol. The lowest BCUT2D eigenvalue weighted by molar-refractivity contribution is 0.171. The molecule has 0 amide bonds. The van der Waals surface area contributed by atoms with Crippen LogP contribution in [0.25, 0.3) is 0 Å². The fourth-order valence-electron chi connectivity index (χ4n) is 1.79. The Morgan fingerprint density at radius 1 is 1.39 bits per heavy atom. The van der Waals surface area contributed by atoms with Gasteiger partial charge < -0.3 is 14.8 Å². The van der Waals surface area contributed by atoms with Gasteiger partial charge in [-0.2, -0.15) is 0 Å². The van der Waals surface area contributed by atoms with E-state index in [0.717, 1.165) is 18.0 Å². The summed E-state index contributed by atoms with van der Waals surface area (Å²) in [6.45, 7) is 7.92.